The van der Waals surface area contributed by atoms with Gasteiger partial charge in [-0.05, 0) is 37.9 Å². The third-order valence-corrected chi connectivity index (χ3v) is 7.37. The van der Waals surface area contributed by atoms with Crippen LogP contribution >= 0.6 is 0 Å². The lowest BCUT2D eigenvalue weighted by Crippen LogP contribution is -2.64. The second kappa shape index (κ2) is 7.14. The van der Waals surface area contributed by atoms with Gasteiger partial charge >= 0.3 is 5.97 Å². The molecule has 178 valence electrons. The van der Waals surface area contributed by atoms with Gasteiger partial charge in [0.2, 0.25) is 6.29 Å². The summed E-state index contributed by atoms with van der Waals surface area (Å²) in [5, 5.41) is 50.9. The van der Waals surface area contributed by atoms with Gasteiger partial charge in [-0.15, -0.1) is 0 Å². The number of aliphatic hydroxyl groups excluding tert-OH is 4. The van der Waals surface area contributed by atoms with Crippen LogP contribution in [0.25, 0.3) is 0 Å². The number of hydrogen-bond donors (Lipinski definition) is 5. The molecule has 2 fully saturated rings. The molecule has 1 aromatic carbocycles. The number of benzene rings is 1. The van der Waals surface area contributed by atoms with Gasteiger partial charge in [-0.2, -0.15) is 0 Å². The summed E-state index contributed by atoms with van der Waals surface area (Å²) in [7, 11) is 0. The molecule has 3 aliphatic heterocycles. The molecule has 11 atom stereocenters. The number of carbonyl (C=O) groups is 1. The summed E-state index contributed by atoms with van der Waals surface area (Å²) in [5.74, 6) is -2.53. The number of hydrogen-bond acceptors (Lipinski definition) is 9. The fraction of sp³-hybridized carbons (Fsp3) is 0.609. The molecule has 3 heterocycles. The minimum atomic E-state index is -2.77. The molecule has 6 rings (SSSR count). The molecule has 2 saturated heterocycles. The molecule has 2 bridgehead atoms. The fourth-order valence-electron chi connectivity index (χ4n) is 5.83. The van der Waals surface area contributed by atoms with Gasteiger partial charge in [-0.1, -0.05) is 18.2 Å². The third kappa shape index (κ3) is 2.73. The molecule has 0 amide bonds. The summed E-state index contributed by atoms with van der Waals surface area (Å²) in [6.07, 6.45) is -11.4. The number of carboxylic acids is 1. The van der Waals surface area contributed by atoms with Gasteiger partial charge in [0.25, 0.3) is 0 Å². The number of likely N-dealkylation sites (tertiary alicyclic amines) is 1. The summed E-state index contributed by atoms with van der Waals surface area (Å²) in [5.41, 5.74) is -0.853. The molecule has 1 spiro atoms. The van der Waals surface area contributed by atoms with Crippen LogP contribution < -0.4 is 9.47 Å². The molecule has 0 aromatic heterocycles. The third-order valence-electron chi connectivity index (χ3n) is 7.37. The van der Waals surface area contributed by atoms with E-state index < -0.39 is 86.1 Å². The number of nitrogens with zero attached hydrogens (tertiary/aromatic N) is 1. The van der Waals surface area contributed by atoms with E-state index in [1.807, 2.05) is 0 Å². The first-order valence-corrected chi connectivity index (χ1v) is 10.6. The van der Waals surface area contributed by atoms with Gasteiger partial charge in [0.05, 0.1) is 0 Å². The molecule has 0 radical (unpaired) electrons. The van der Waals surface area contributed by atoms with E-state index >= 15 is 0 Å². The Bertz CT molecular complexity index is 1250. The van der Waals surface area contributed by atoms with E-state index in [0.29, 0.717) is 11.1 Å². The van der Waals surface area contributed by atoms with Crippen LogP contribution in [-0.2, 0) is 21.4 Å². The average Bonchev–Trinajstić information content (AvgIpc) is 3.23. The van der Waals surface area contributed by atoms with Crippen molar-refractivity contribution in [3.8, 4) is 11.5 Å². The number of aliphatic hydroxyl groups is 4. The topological polar surface area (TPSA) is 149 Å². The Hall–Kier alpha value is -2.21. The van der Waals surface area contributed by atoms with Gasteiger partial charge < -0.3 is 44.6 Å². The highest BCUT2D eigenvalue weighted by molar-refractivity contribution is 5.73. The van der Waals surface area contributed by atoms with Crippen molar-refractivity contribution >= 4 is 5.97 Å². The molecule has 2 aliphatic carbocycles. The van der Waals surface area contributed by atoms with Crippen LogP contribution in [0.15, 0.2) is 24.3 Å². The summed E-state index contributed by atoms with van der Waals surface area (Å²) >= 11 is 0. The summed E-state index contributed by atoms with van der Waals surface area (Å²) in [6.45, 7) is -4.61. The van der Waals surface area contributed by atoms with E-state index in [0.717, 1.165) is 4.90 Å². The van der Waals surface area contributed by atoms with Gasteiger partial charge in [-0.3, -0.25) is 0 Å². The normalized spacial score (nSPS) is 52.1. The molecule has 1 unspecified atom stereocenters. The van der Waals surface area contributed by atoms with E-state index in [1.54, 1.807) is 12.1 Å². The maximum absolute atomic E-state index is 11.5. The zero-order chi connectivity index (χ0) is 28.4. The Labute approximate surface area is 198 Å². The molecular weight excluding hydrogens is 434 g/mol. The van der Waals surface area contributed by atoms with Crippen molar-refractivity contribution in [3.05, 3.63) is 35.4 Å². The number of ether oxygens (including phenoxy) is 3. The van der Waals surface area contributed by atoms with E-state index in [2.05, 4.69) is 0 Å². The predicted molar refractivity (Wildman–Crippen MR) is 111 cm³/mol. The van der Waals surface area contributed by atoms with Gasteiger partial charge in [0.15, 0.2) is 17.6 Å². The number of piperidine rings is 1. The van der Waals surface area contributed by atoms with Crippen LogP contribution in [0.2, 0.25) is 0 Å². The van der Waals surface area contributed by atoms with Crippen molar-refractivity contribution in [2.45, 2.75) is 67.2 Å². The Balaban J connectivity index is 1.49. The predicted octanol–water partition coefficient (Wildman–Crippen LogP) is -1.24. The number of likely N-dealkylation sites (N-methyl/N-ethyl adjacent to an activating group) is 1. The molecule has 5 aliphatic rings. The van der Waals surface area contributed by atoms with E-state index in [4.69, 9.17) is 22.4 Å². The lowest BCUT2D eigenvalue weighted by Gasteiger charge is -2.56. The van der Waals surface area contributed by atoms with Crippen LogP contribution in [0.4, 0.5) is 0 Å². The van der Waals surface area contributed by atoms with Crippen LogP contribution in [-0.4, -0.2) is 98.9 Å². The van der Waals surface area contributed by atoms with Crippen LogP contribution in [0.5, 0.6) is 11.5 Å². The largest absolute Gasteiger partial charge is 0.482 e. The Kier molecular flexibility index (Phi) is 3.39. The maximum atomic E-state index is 11.5. The van der Waals surface area contributed by atoms with Crippen molar-refractivity contribution < 1.29 is 52.8 Å². The van der Waals surface area contributed by atoms with Crippen molar-refractivity contribution in [2.75, 3.05) is 13.5 Å². The van der Waals surface area contributed by atoms with Crippen molar-refractivity contribution in [1.82, 2.24) is 4.90 Å². The highest BCUT2D eigenvalue weighted by Gasteiger charge is 2.64. The second-order valence-electron chi connectivity index (χ2n) is 9.04. The van der Waals surface area contributed by atoms with Crippen LogP contribution in [0, 0.1) is 5.92 Å². The van der Waals surface area contributed by atoms with Gasteiger partial charge in [0.1, 0.15) is 30.5 Å². The van der Waals surface area contributed by atoms with E-state index in [-0.39, 0.29) is 17.9 Å². The quantitative estimate of drug-likeness (QED) is 0.342. The number of aliphatic carboxylic acids is 1. The van der Waals surface area contributed by atoms with Crippen LogP contribution in [0.1, 0.15) is 25.7 Å². The molecule has 10 heteroatoms. The standard InChI is InChI=1S/C23H27NO9/c1-24-7-6-23-10-3-4-12(25)20(23)32-18-13(5-2-9(14(18)23)8-11(10)24)31-22-17(28)15(26)16(27)19(33-22)21(29)30/h2-5,10-12,15-17,19-20,22,25-28H,6-8H2,1H3,(H,29,30)/t10-,11+,12-,15-,16-,17+,19-,20-,22+,23-/m0/s1/i1D3,6D2,7D/t7?,10-,11+,12-,15-,16-,17+,19-,20-,22+,23-. The average molecular weight is 468 g/mol. The smallest absolute Gasteiger partial charge is 0.335 e. The highest BCUT2D eigenvalue weighted by Crippen LogP contribution is 2.62. The lowest BCUT2D eigenvalue weighted by molar-refractivity contribution is -0.271. The Morgan fingerprint density at radius 3 is 2.82 bits per heavy atom. The second-order valence-corrected chi connectivity index (χ2v) is 9.04. The SMILES string of the molecule is [2H]C1N(C([2H])([2H])[2H])[C@@H]2Cc3ccc(O[C@@H]4O[C@H](C(=O)O)[C@@H](O)[C@H](O)[C@H]4O)c4c3[C@@]3([C@H]2C=C[C@H](O)[C@@H]3O4)C1([2H])[2H]. The summed E-state index contributed by atoms with van der Waals surface area (Å²) < 4.78 is 68.3. The minimum absolute atomic E-state index is 0.0228. The molecule has 10 nitrogen and oxygen atoms in total. The van der Waals surface area contributed by atoms with Gasteiger partial charge in [0, 0.05) is 31.2 Å². The molecule has 0 saturated carbocycles. The van der Waals surface area contributed by atoms with Crippen molar-refractivity contribution in [2.24, 2.45) is 5.92 Å². The first-order valence-electron chi connectivity index (χ1n) is 13.7. The monoisotopic (exact) mass is 467 g/mol. The Morgan fingerprint density at radius 2 is 2.06 bits per heavy atom. The lowest BCUT2D eigenvalue weighted by atomic mass is 9.53. The summed E-state index contributed by atoms with van der Waals surface area (Å²) in [4.78, 5) is 12.4. The molecule has 5 N–H and O–H groups in total. The highest BCUT2D eigenvalue weighted by atomic mass is 16.7. The zero-order valence-corrected chi connectivity index (χ0v) is 17.1. The first kappa shape index (κ1) is 15.6. The van der Waals surface area contributed by atoms with E-state index in [1.165, 1.54) is 12.1 Å². The fourth-order valence-corrected chi connectivity index (χ4v) is 5.83. The Morgan fingerprint density at radius 1 is 1.24 bits per heavy atom. The molecule has 1 aromatic rings. The zero-order valence-electron chi connectivity index (χ0n) is 23.1. The van der Waals surface area contributed by atoms with Crippen molar-refractivity contribution in [1.29, 1.82) is 0 Å². The van der Waals surface area contributed by atoms with E-state index in [9.17, 15) is 30.3 Å². The first-order chi connectivity index (χ1) is 18.1. The molecule has 33 heavy (non-hydrogen) atoms. The number of rotatable bonds is 3. The van der Waals surface area contributed by atoms with Crippen molar-refractivity contribution in [3.63, 3.8) is 0 Å². The molecular formula is C23H27NO9. The maximum Gasteiger partial charge on any atom is 0.335 e. The number of carboxylic acid groups (broad SMARTS) is 1. The minimum Gasteiger partial charge on any atom is -0.482 e. The summed E-state index contributed by atoms with van der Waals surface area (Å²) in [6, 6.07) is 2.15. The van der Waals surface area contributed by atoms with Gasteiger partial charge in [-0.25, -0.2) is 4.79 Å². The van der Waals surface area contributed by atoms with Crippen LogP contribution in [0.3, 0.4) is 0 Å².